The molecular weight excluding hydrogens is 496 g/mol. The molecule has 32 heavy (non-hydrogen) atoms. The fraction of sp³-hybridized carbons (Fsp3) is 0.333. The van der Waals surface area contributed by atoms with E-state index in [0.29, 0.717) is 30.6 Å². The zero-order valence-electron chi connectivity index (χ0n) is 16.2. The van der Waals surface area contributed by atoms with Gasteiger partial charge in [-0.3, -0.25) is 0 Å². The molecule has 0 bridgehead atoms. The SMILES string of the molecule is Nc1nc(Cl)nc2c1ncn2CCCCOC(=O)NCc1c(C(F)(F)F)ccc(Cl)c1Cl. The van der Waals surface area contributed by atoms with Crippen LogP contribution < -0.4 is 11.1 Å². The minimum atomic E-state index is -4.65. The maximum atomic E-state index is 13.2. The molecular formula is C18H16Cl3F3N6O2. The molecule has 0 aliphatic rings. The lowest BCUT2D eigenvalue weighted by atomic mass is 10.1. The van der Waals surface area contributed by atoms with E-state index in [9.17, 15) is 18.0 Å². The third-order valence-corrected chi connectivity index (χ3v) is 5.41. The minimum Gasteiger partial charge on any atom is -0.450 e. The second kappa shape index (κ2) is 9.97. The van der Waals surface area contributed by atoms with E-state index < -0.39 is 24.4 Å². The van der Waals surface area contributed by atoms with Crippen molar-refractivity contribution in [3.63, 3.8) is 0 Å². The van der Waals surface area contributed by atoms with Crippen LogP contribution in [-0.4, -0.2) is 32.2 Å². The summed E-state index contributed by atoms with van der Waals surface area (Å²) in [4.78, 5) is 23.9. The number of halogens is 6. The Morgan fingerprint density at radius 3 is 2.66 bits per heavy atom. The van der Waals surface area contributed by atoms with Crippen LogP contribution in [0.5, 0.6) is 0 Å². The van der Waals surface area contributed by atoms with Crippen LogP contribution in [0.3, 0.4) is 0 Å². The van der Waals surface area contributed by atoms with Crippen molar-refractivity contribution in [3.8, 4) is 0 Å². The summed E-state index contributed by atoms with van der Waals surface area (Å²) in [7, 11) is 0. The summed E-state index contributed by atoms with van der Waals surface area (Å²) in [6, 6.07) is 1.86. The fourth-order valence-corrected chi connectivity index (χ4v) is 3.47. The molecule has 1 aromatic carbocycles. The van der Waals surface area contributed by atoms with Gasteiger partial charge in [0, 0.05) is 18.7 Å². The second-order valence-corrected chi connectivity index (χ2v) is 7.69. The molecule has 3 aromatic rings. The number of nitrogens with one attached hydrogen (secondary N) is 1. The van der Waals surface area contributed by atoms with E-state index in [-0.39, 0.29) is 33.3 Å². The van der Waals surface area contributed by atoms with Crippen LogP contribution in [0, 0.1) is 0 Å². The van der Waals surface area contributed by atoms with Crippen LogP contribution in [0.15, 0.2) is 18.5 Å². The first kappa shape index (κ1) is 24.1. The number of ether oxygens (including phenoxy) is 1. The third-order valence-electron chi connectivity index (χ3n) is 4.40. The summed E-state index contributed by atoms with van der Waals surface area (Å²) >= 11 is 17.5. The summed E-state index contributed by atoms with van der Waals surface area (Å²) in [5, 5.41) is 1.93. The zero-order valence-corrected chi connectivity index (χ0v) is 18.5. The van der Waals surface area contributed by atoms with Crippen LogP contribution in [0.1, 0.15) is 24.0 Å². The number of nitrogen functional groups attached to an aromatic ring is 1. The molecule has 0 radical (unpaired) electrons. The first-order valence-corrected chi connectivity index (χ1v) is 10.3. The quantitative estimate of drug-likeness (QED) is 0.338. The summed E-state index contributed by atoms with van der Waals surface area (Å²) < 4.78 is 46.2. The normalized spacial score (nSPS) is 11.7. The molecule has 0 fully saturated rings. The molecule has 0 aliphatic carbocycles. The van der Waals surface area contributed by atoms with Gasteiger partial charge in [0.15, 0.2) is 11.5 Å². The number of amides is 1. The maximum absolute atomic E-state index is 13.2. The average molecular weight is 512 g/mol. The lowest BCUT2D eigenvalue weighted by Crippen LogP contribution is -2.26. The Kier molecular flexibility index (Phi) is 7.52. The van der Waals surface area contributed by atoms with Crippen molar-refractivity contribution in [1.29, 1.82) is 0 Å². The fourth-order valence-electron chi connectivity index (χ4n) is 2.89. The van der Waals surface area contributed by atoms with Crippen LogP contribution in [0.25, 0.3) is 11.2 Å². The van der Waals surface area contributed by atoms with Gasteiger partial charge in [0.2, 0.25) is 5.28 Å². The summed E-state index contributed by atoms with van der Waals surface area (Å²) in [5.41, 5.74) is 5.35. The Balaban J connectivity index is 1.47. The average Bonchev–Trinajstić information content (AvgIpc) is 3.11. The highest BCUT2D eigenvalue weighted by Gasteiger charge is 2.34. The van der Waals surface area contributed by atoms with Crippen LogP contribution >= 0.6 is 34.8 Å². The molecule has 2 aromatic heterocycles. The lowest BCUT2D eigenvalue weighted by molar-refractivity contribution is -0.138. The smallest absolute Gasteiger partial charge is 0.416 e. The standard InChI is InChI=1S/C18H16Cl3F3N6O2/c19-11-4-3-10(18(22,23)24)9(12(11)20)7-26-17(31)32-6-2-1-5-30-8-27-13-14(25)28-16(21)29-15(13)30/h3-4,8H,1-2,5-7H2,(H,26,31)(H2,25,28,29). The van der Waals surface area contributed by atoms with E-state index in [1.54, 1.807) is 10.9 Å². The number of nitrogens with two attached hydrogens (primary N) is 1. The molecule has 8 nitrogen and oxygen atoms in total. The molecule has 172 valence electrons. The molecule has 14 heteroatoms. The Bertz CT molecular complexity index is 1140. The number of hydrogen-bond donors (Lipinski definition) is 2. The predicted molar refractivity (Wildman–Crippen MR) is 114 cm³/mol. The monoisotopic (exact) mass is 510 g/mol. The van der Waals surface area contributed by atoms with Gasteiger partial charge in [0.1, 0.15) is 5.52 Å². The number of unbranched alkanes of at least 4 members (excludes halogenated alkanes) is 1. The third kappa shape index (κ3) is 5.64. The molecule has 0 unspecified atom stereocenters. The van der Waals surface area contributed by atoms with E-state index in [1.165, 1.54) is 0 Å². The number of rotatable bonds is 7. The Labute approximate surface area is 194 Å². The first-order valence-electron chi connectivity index (χ1n) is 9.16. The number of carbonyl (C=O) groups is 1. The van der Waals surface area contributed by atoms with Crippen LogP contribution in [-0.2, 0) is 24.0 Å². The Morgan fingerprint density at radius 1 is 1.19 bits per heavy atom. The molecule has 0 saturated heterocycles. The van der Waals surface area contributed by atoms with Gasteiger partial charge >= 0.3 is 12.3 Å². The summed E-state index contributed by atoms with van der Waals surface area (Å²) in [6.45, 7) is 0.0586. The molecule has 3 N–H and O–H groups in total. The van der Waals surface area contributed by atoms with Crippen molar-refractivity contribution in [2.75, 3.05) is 12.3 Å². The van der Waals surface area contributed by atoms with Gasteiger partial charge in [0.25, 0.3) is 0 Å². The first-order chi connectivity index (χ1) is 15.1. The number of benzene rings is 1. The van der Waals surface area contributed by atoms with Gasteiger partial charge in [0.05, 0.1) is 28.5 Å². The number of alkyl carbamates (subject to hydrolysis) is 1. The van der Waals surface area contributed by atoms with E-state index >= 15 is 0 Å². The Morgan fingerprint density at radius 2 is 1.94 bits per heavy atom. The highest BCUT2D eigenvalue weighted by molar-refractivity contribution is 6.42. The van der Waals surface area contributed by atoms with E-state index in [4.69, 9.17) is 45.3 Å². The predicted octanol–water partition coefficient (Wildman–Crippen LogP) is 5.09. The van der Waals surface area contributed by atoms with Gasteiger partial charge in [-0.25, -0.2) is 9.78 Å². The highest BCUT2D eigenvalue weighted by atomic mass is 35.5. The highest BCUT2D eigenvalue weighted by Crippen LogP contribution is 2.38. The molecule has 1 amide bonds. The van der Waals surface area contributed by atoms with Crippen molar-refractivity contribution in [2.24, 2.45) is 0 Å². The van der Waals surface area contributed by atoms with Gasteiger partial charge in [-0.1, -0.05) is 23.2 Å². The van der Waals surface area contributed by atoms with Crippen molar-refractivity contribution < 1.29 is 22.7 Å². The zero-order chi connectivity index (χ0) is 23.5. The number of aromatic nitrogens is 4. The number of fused-ring (bicyclic) bond motifs is 1. The number of alkyl halides is 3. The molecule has 0 saturated carbocycles. The minimum absolute atomic E-state index is 0.00485. The molecule has 0 aliphatic heterocycles. The largest absolute Gasteiger partial charge is 0.450 e. The van der Waals surface area contributed by atoms with Crippen LogP contribution in [0.4, 0.5) is 23.8 Å². The number of anilines is 1. The summed E-state index contributed by atoms with van der Waals surface area (Å²) in [5.74, 6) is 0.173. The molecule has 0 spiro atoms. The maximum Gasteiger partial charge on any atom is 0.416 e. The molecule has 3 rings (SSSR count). The van der Waals surface area contributed by atoms with E-state index in [1.807, 2.05) is 0 Å². The van der Waals surface area contributed by atoms with Crippen molar-refractivity contribution in [3.05, 3.63) is 44.9 Å². The molecule has 0 atom stereocenters. The van der Waals surface area contributed by atoms with Gasteiger partial charge in [-0.05, 0) is 36.6 Å². The Hall–Kier alpha value is -2.50. The van der Waals surface area contributed by atoms with Crippen molar-refractivity contribution in [2.45, 2.75) is 32.1 Å². The van der Waals surface area contributed by atoms with Crippen molar-refractivity contribution >= 4 is 57.9 Å². The van der Waals surface area contributed by atoms with Crippen molar-refractivity contribution in [1.82, 2.24) is 24.8 Å². The van der Waals surface area contributed by atoms with Gasteiger partial charge in [-0.2, -0.15) is 23.1 Å². The topological polar surface area (TPSA) is 108 Å². The van der Waals surface area contributed by atoms with Crippen LogP contribution in [0.2, 0.25) is 15.3 Å². The summed E-state index contributed by atoms with van der Waals surface area (Å²) in [6.07, 6.45) is -2.90. The lowest BCUT2D eigenvalue weighted by Gasteiger charge is -2.16. The number of imidazole rings is 1. The van der Waals surface area contributed by atoms with Gasteiger partial charge in [-0.15, -0.1) is 0 Å². The second-order valence-electron chi connectivity index (χ2n) is 6.57. The number of nitrogens with zero attached hydrogens (tertiary/aromatic N) is 4. The number of carbonyl (C=O) groups excluding carboxylic acids is 1. The number of hydrogen-bond acceptors (Lipinski definition) is 6. The van der Waals surface area contributed by atoms with E-state index in [0.717, 1.165) is 12.1 Å². The number of aryl methyl sites for hydroxylation is 1. The molecule has 2 heterocycles. The van der Waals surface area contributed by atoms with E-state index in [2.05, 4.69) is 20.3 Å². The van der Waals surface area contributed by atoms with Gasteiger partial charge < -0.3 is 20.4 Å².